The molecule has 0 aromatic heterocycles. The number of alkyl halides is 1. The van der Waals surface area contributed by atoms with Gasteiger partial charge in [-0.15, -0.1) is 0 Å². The van der Waals surface area contributed by atoms with Crippen LogP contribution >= 0.6 is 23.0 Å². The van der Waals surface area contributed by atoms with Gasteiger partial charge in [-0.3, -0.25) is 0 Å². The second-order valence-electron chi connectivity index (χ2n) is 1.52. The summed E-state index contributed by atoms with van der Waals surface area (Å²) >= 11 is 1.13. The molecule has 68 valence electrons. The third-order valence-electron chi connectivity index (χ3n) is 0.709. The summed E-state index contributed by atoms with van der Waals surface area (Å²) in [5.41, 5.74) is 0. The molecule has 0 aliphatic carbocycles. The minimum Gasteiger partial charge on any atom is -0.819 e. The summed E-state index contributed by atoms with van der Waals surface area (Å²) in [5.74, 6) is -3.79. The van der Waals surface area contributed by atoms with Gasteiger partial charge in [0, 0.05) is 0 Å². The number of halogens is 2. The van der Waals surface area contributed by atoms with Crippen molar-refractivity contribution in [3.63, 3.8) is 0 Å². The molecule has 13 heavy (non-hydrogen) atoms. The Morgan fingerprint density at radius 2 is 2.08 bits per heavy atom. The van der Waals surface area contributed by atoms with Gasteiger partial charge in [-0.25, -0.2) is 14.0 Å². The van der Waals surface area contributed by atoms with Crippen LogP contribution in [0.3, 0.4) is 0 Å². The van der Waals surface area contributed by atoms with E-state index in [2.05, 4.69) is 7.64 Å². The molecule has 0 rings (SSSR count). The third-order valence-corrected chi connectivity index (χ3v) is 1.12. The molecule has 0 heterocycles. The Balaban J connectivity index is 0. The molecule has 0 saturated heterocycles. The number of hydrogen-bond donors (Lipinski definition) is 1. The summed E-state index contributed by atoms with van der Waals surface area (Å²) < 4.78 is 19.6. The third kappa shape index (κ3) is 6.28. The van der Waals surface area contributed by atoms with E-state index < -0.39 is 25.4 Å². The van der Waals surface area contributed by atoms with Gasteiger partial charge >= 0.3 is 38.1 Å². The van der Waals surface area contributed by atoms with E-state index in [0.29, 0.717) is 0 Å². The summed E-state index contributed by atoms with van der Waals surface area (Å²) in [7, 11) is -2.21. The minimum atomic E-state index is -2.85. The minimum absolute atomic E-state index is 0. The SMILES string of the molecule is O=C(O)C(F)C(=O)OB([O-])OI.[Li+]. The molecule has 0 radical (unpaired) electrons. The molecule has 0 aromatic carbocycles. The zero-order valence-electron chi connectivity index (χ0n) is 6.40. The van der Waals surface area contributed by atoms with Crippen molar-refractivity contribution in [3.8, 4) is 0 Å². The predicted octanol–water partition coefficient (Wildman–Crippen LogP) is -4.33. The standard InChI is InChI=1S/C3H2BFIO6.Li/c5-1(2(7)8)3(9)11-4(10)12-6;/h1H,(H,7,8);/q-1;+1. The molecule has 0 aliphatic heterocycles. The van der Waals surface area contributed by atoms with Gasteiger partial charge in [-0.2, -0.15) is 0 Å². The number of carbonyl (C=O) groups excluding carboxylic acids is 1. The quantitative estimate of drug-likeness (QED) is 0.320. The molecule has 1 atom stereocenters. The average molecular weight is 298 g/mol. The van der Waals surface area contributed by atoms with Gasteiger partial charge in [-0.05, 0) is 0 Å². The van der Waals surface area contributed by atoms with Crippen molar-refractivity contribution < 1.29 is 50.6 Å². The second-order valence-corrected chi connectivity index (χ2v) is 2.02. The van der Waals surface area contributed by atoms with E-state index >= 15 is 0 Å². The zero-order chi connectivity index (χ0) is 9.72. The first-order chi connectivity index (χ1) is 5.49. The molecule has 0 fully saturated rings. The van der Waals surface area contributed by atoms with E-state index in [0.717, 1.165) is 23.0 Å². The number of rotatable bonds is 4. The molecule has 0 bridgehead atoms. The van der Waals surface area contributed by atoms with Crippen LogP contribution in [0.2, 0.25) is 0 Å². The smallest absolute Gasteiger partial charge is 0.819 e. The van der Waals surface area contributed by atoms with Crippen molar-refractivity contribution in [3.05, 3.63) is 0 Å². The number of carboxylic acid groups (broad SMARTS) is 1. The monoisotopic (exact) mass is 298 g/mol. The van der Waals surface area contributed by atoms with Gasteiger partial charge in [0.25, 0.3) is 6.17 Å². The van der Waals surface area contributed by atoms with Crippen molar-refractivity contribution in [1.82, 2.24) is 0 Å². The summed E-state index contributed by atoms with van der Waals surface area (Å²) in [5, 5.41) is 18.1. The Bertz CT molecular complexity index is 193. The number of hydrogen-bond acceptors (Lipinski definition) is 5. The number of carboxylic acids is 1. The molecule has 0 amide bonds. The molecule has 1 N–H and O–H groups in total. The molecule has 1 unspecified atom stereocenters. The predicted molar refractivity (Wildman–Crippen MR) is 39.5 cm³/mol. The van der Waals surface area contributed by atoms with E-state index in [1.807, 2.05) is 0 Å². The van der Waals surface area contributed by atoms with Crippen LogP contribution in [0, 0.1) is 0 Å². The fourth-order valence-electron chi connectivity index (χ4n) is 0.274. The molecule has 6 nitrogen and oxygen atoms in total. The van der Waals surface area contributed by atoms with E-state index in [-0.39, 0.29) is 18.9 Å². The molecule has 0 aliphatic rings. The van der Waals surface area contributed by atoms with Crippen LogP contribution in [0.5, 0.6) is 0 Å². The van der Waals surface area contributed by atoms with Crippen molar-refractivity contribution in [1.29, 1.82) is 0 Å². The van der Waals surface area contributed by atoms with Crippen molar-refractivity contribution in [2.75, 3.05) is 0 Å². The molecule has 0 spiro atoms. The van der Waals surface area contributed by atoms with E-state index in [4.69, 9.17) is 5.11 Å². The molecular weight excluding hydrogens is 296 g/mol. The van der Waals surface area contributed by atoms with E-state index in [9.17, 15) is 19.0 Å². The maximum Gasteiger partial charge on any atom is 1.00 e. The Hall–Kier alpha value is 0.182. The van der Waals surface area contributed by atoms with Gasteiger partial charge in [-0.1, -0.05) is 0 Å². The second kappa shape index (κ2) is 7.57. The summed E-state index contributed by atoms with van der Waals surface area (Å²) in [4.78, 5) is 20.1. The number of carbonyl (C=O) groups is 2. The molecule has 10 heteroatoms. The molecule has 0 aromatic rings. The maximum absolute atomic E-state index is 12.1. The average Bonchev–Trinajstić information content (AvgIpc) is 2.02. The zero-order valence-corrected chi connectivity index (χ0v) is 8.56. The summed E-state index contributed by atoms with van der Waals surface area (Å²) in [6.45, 7) is 0. The van der Waals surface area contributed by atoms with Crippen LogP contribution in [0.4, 0.5) is 4.39 Å². The Kier molecular flexibility index (Phi) is 9.11. The van der Waals surface area contributed by atoms with Gasteiger partial charge in [0.15, 0.2) is 0 Å². The fourth-order valence-corrected chi connectivity index (χ4v) is 0.377. The van der Waals surface area contributed by atoms with Crippen LogP contribution in [0.15, 0.2) is 0 Å². The normalized spacial score (nSPS) is 11.0. The largest absolute Gasteiger partial charge is 1.00 e. The summed E-state index contributed by atoms with van der Waals surface area (Å²) in [6, 6.07) is 0. The van der Waals surface area contributed by atoms with Gasteiger partial charge in [0.05, 0.1) is 23.0 Å². The maximum atomic E-state index is 12.1. The first kappa shape index (κ1) is 15.6. The Morgan fingerprint density at radius 1 is 1.62 bits per heavy atom. The Morgan fingerprint density at radius 3 is 2.38 bits per heavy atom. The van der Waals surface area contributed by atoms with Gasteiger partial charge < -0.3 is 17.8 Å². The van der Waals surface area contributed by atoms with Crippen LogP contribution in [0.25, 0.3) is 0 Å². The topological polar surface area (TPSA) is 95.9 Å². The van der Waals surface area contributed by atoms with Gasteiger partial charge in [0.1, 0.15) is 0 Å². The van der Waals surface area contributed by atoms with Crippen molar-refractivity contribution in [2.24, 2.45) is 0 Å². The Labute approximate surface area is 98.8 Å². The molecular formula is C3H2BFILiO6. The van der Waals surface area contributed by atoms with E-state index in [1.54, 1.807) is 0 Å². The van der Waals surface area contributed by atoms with Crippen molar-refractivity contribution >= 4 is 42.3 Å². The molecule has 0 saturated carbocycles. The van der Waals surface area contributed by atoms with E-state index in [1.165, 1.54) is 0 Å². The van der Waals surface area contributed by atoms with Crippen LogP contribution in [0.1, 0.15) is 0 Å². The first-order valence-corrected chi connectivity index (χ1v) is 3.37. The number of aliphatic carboxylic acids is 1. The summed E-state index contributed by atoms with van der Waals surface area (Å²) in [6.07, 6.45) is -2.85. The fraction of sp³-hybridized carbons (Fsp3) is 0.333. The van der Waals surface area contributed by atoms with Crippen LogP contribution in [-0.2, 0) is 17.2 Å². The van der Waals surface area contributed by atoms with Crippen LogP contribution < -0.4 is 23.9 Å². The van der Waals surface area contributed by atoms with Crippen LogP contribution in [-0.4, -0.2) is 30.5 Å². The van der Waals surface area contributed by atoms with Gasteiger partial charge in [0.2, 0.25) is 0 Å². The first-order valence-electron chi connectivity index (χ1n) is 2.49. The van der Waals surface area contributed by atoms with Crippen molar-refractivity contribution in [2.45, 2.75) is 6.17 Å².